The molecule has 0 bridgehead atoms. The summed E-state index contributed by atoms with van der Waals surface area (Å²) in [5.74, 6) is 0.875. The summed E-state index contributed by atoms with van der Waals surface area (Å²) >= 11 is 3.50. The molecule has 4 heteroatoms. The summed E-state index contributed by atoms with van der Waals surface area (Å²) in [7, 11) is 0. The number of rotatable bonds is 8. The third-order valence-corrected chi connectivity index (χ3v) is 3.58. The van der Waals surface area contributed by atoms with Gasteiger partial charge in [-0.25, -0.2) is 0 Å². The van der Waals surface area contributed by atoms with E-state index < -0.39 is 0 Å². The molecule has 3 nitrogen and oxygen atoms in total. The summed E-state index contributed by atoms with van der Waals surface area (Å²) in [5, 5.41) is 3.50. The van der Waals surface area contributed by atoms with E-state index in [1.807, 2.05) is 18.2 Å². The number of hydrogen-bond acceptors (Lipinski definition) is 3. The molecular formula is C16H20BrNO2. The van der Waals surface area contributed by atoms with Crippen molar-refractivity contribution < 1.29 is 9.15 Å². The molecule has 2 rings (SSSR count). The lowest BCUT2D eigenvalue weighted by molar-refractivity contribution is 0.104. The van der Waals surface area contributed by atoms with Gasteiger partial charge in [0.05, 0.1) is 6.26 Å². The smallest absolute Gasteiger partial charge is 0.129 e. The van der Waals surface area contributed by atoms with Crippen LogP contribution in [0.3, 0.4) is 0 Å². The highest BCUT2D eigenvalue weighted by atomic mass is 79.9. The van der Waals surface area contributed by atoms with Crippen molar-refractivity contribution in [3.05, 3.63) is 58.5 Å². The predicted octanol–water partition coefficient (Wildman–Crippen LogP) is 4.30. The van der Waals surface area contributed by atoms with E-state index in [2.05, 4.69) is 46.4 Å². The van der Waals surface area contributed by atoms with Gasteiger partial charge in [0.2, 0.25) is 0 Å². The Labute approximate surface area is 128 Å². The second-order valence-electron chi connectivity index (χ2n) is 4.72. The van der Waals surface area contributed by atoms with Gasteiger partial charge in [-0.2, -0.15) is 0 Å². The Bertz CT molecular complexity index is 499. The van der Waals surface area contributed by atoms with Gasteiger partial charge in [-0.15, -0.1) is 0 Å². The molecule has 20 heavy (non-hydrogen) atoms. The Balaban J connectivity index is 1.58. The predicted molar refractivity (Wildman–Crippen MR) is 83.5 cm³/mol. The molecule has 0 saturated carbocycles. The Morgan fingerprint density at radius 2 is 2.20 bits per heavy atom. The molecule has 1 unspecified atom stereocenters. The van der Waals surface area contributed by atoms with Crippen LogP contribution < -0.4 is 5.32 Å². The standard InChI is InChI=1S/C16H20BrNO2/c1-13(14-5-2-6-15(17)11-14)18-8-4-9-19-12-16-7-3-10-20-16/h2-3,5-7,10-11,13,18H,4,8-9,12H2,1H3. The fourth-order valence-corrected chi connectivity index (χ4v) is 2.37. The number of benzene rings is 1. The minimum absolute atomic E-state index is 0.345. The lowest BCUT2D eigenvalue weighted by Crippen LogP contribution is -2.20. The highest BCUT2D eigenvalue weighted by Crippen LogP contribution is 2.17. The van der Waals surface area contributed by atoms with E-state index in [-0.39, 0.29) is 0 Å². The average Bonchev–Trinajstić information content (AvgIpc) is 2.95. The van der Waals surface area contributed by atoms with Gasteiger partial charge in [0.1, 0.15) is 12.4 Å². The van der Waals surface area contributed by atoms with Crippen LogP contribution in [0.2, 0.25) is 0 Å². The van der Waals surface area contributed by atoms with Gasteiger partial charge < -0.3 is 14.5 Å². The summed E-state index contributed by atoms with van der Waals surface area (Å²) < 4.78 is 11.9. The molecule has 1 N–H and O–H groups in total. The van der Waals surface area contributed by atoms with Gasteiger partial charge >= 0.3 is 0 Å². The molecule has 0 spiro atoms. The molecule has 2 aromatic rings. The number of ether oxygens (including phenoxy) is 1. The van der Waals surface area contributed by atoms with E-state index in [0.29, 0.717) is 12.6 Å². The third-order valence-electron chi connectivity index (χ3n) is 3.09. The zero-order valence-electron chi connectivity index (χ0n) is 11.6. The maximum Gasteiger partial charge on any atom is 0.129 e. The quantitative estimate of drug-likeness (QED) is 0.729. The van der Waals surface area contributed by atoms with Crippen molar-refractivity contribution in [2.75, 3.05) is 13.2 Å². The lowest BCUT2D eigenvalue weighted by Gasteiger charge is -2.14. The van der Waals surface area contributed by atoms with Gasteiger partial charge in [-0.05, 0) is 49.7 Å². The fraction of sp³-hybridized carbons (Fsp3) is 0.375. The molecule has 0 amide bonds. The molecule has 0 aliphatic rings. The van der Waals surface area contributed by atoms with Gasteiger partial charge in [0.15, 0.2) is 0 Å². The first-order chi connectivity index (χ1) is 9.75. The van der Waals surface area contributed by atoms with E-state index in [4.69, 9.17) is 9.15 Å². The van der Waals surface area contributed by atoms with E-state index in [1.165, 1.54) is 5.56 Å². The van der Waals surface area contributed by atoms with Crippen molar-refractivity contribution in [3.8, 4) is 0 Å². The number of furan rings is 1. The summed E-state index contributed by atoms with van der Waals surface area (Å²) in [5.41, 5.74) is 1.29. The lowest BCUT2D eigenvalue weighted by atomic mass is 10.1. The summed E-state index contributed by atoms with van der Waals surface area (Å²) in [6, 6.07) is 12.5. The average molecular weight is 338 g/mol. The molecule has 1 aromatic heterocycles. The molecule has 1 aromatic carbocycles. The molecule has 1 atom stereocenters. The van der Waals surface area contributed by atoms with Crippen LogP contribution in [0.4, 0.5) is 0 Å². The van der Waals surface area contributed by atoms with Gasteiger partial charge in [0.25, 0.3) is 0 Å². The Morgan fingerprint density at radius 1 is 1.30 bits per heavy atom. The van der Waals surface area contributed by atoms with Crippen LogP contribution in [-0.4, -0.2) is 13.2 Å². The Kier molecular flexibility index (Phi) is 6.30. The van der Waals surface area contributed by atoms with Gasteiger partial charge in [0, 0.05) is 17.1 Å². The van der Waals surface area contributed by atoms with Gasteiger partial charge in [-0.1, -0.05) is 28.1 Å². The maximum absolute atomic E-state index is 5.54. The SMILES string of the molecule is CC(NCCCOCc1ccco1)c1cccc(Br)c1. The number of halogens is 1. The second kappa shape index (κ2) is 8.25. The third kappa shape index (κ3) is 5.12. The number of nitrogens with one attached hydrogen (secondary N) is 1. The summed E-state index contributed by atoms with van der Waals surface area (Å²) in [6.07, 6.45) is 2.65. The van der Waals surface area contributed by atoms with Crippen molar-refractivity contribution in [3.63, 3.8) is 0 Å². The van der Waals surface area contributed by atoms with Crippen molar-refractivity contribution in [1.29, 1.82) is 0 Å². The zero-order valence-corrected chi connectivity index (χ0v) is 13.2. The number of hydrogen-bond donors (Lipinski definition) is 1. The molecule has 0 fully saturated rings. The van der Waals surface area contributed by atoms with Crippen LogP contribution in [0.5, 0.6) is 0 Å². The minimum Gasteiger partial charge on any atom is -0.467 e. The highest BCUT2D eigenvalue weighted by Gasteiger charge is 2.04. The van der Waals surface area contributed by atoms with E-state index in [1.54, 1.807) is 6.26 Å². The van der Waals surface area contributed by atoms with Crippen LogP contribution >= 0.6 is 15.9 Å². The first-order valence-corrected chi connectivity index (χ1v) is 7.64. The molecule has 0 radical (unpaired) electrons. The molecular weight excluding hydrogens is 318 g/mol. The van der Waals surface area contributed by atoms with Crippen LogP contribution in [0.15, 0.2) is 51.6 Å². The highest BCUT2D eigenvalue weighted by molar-refractivity contribution is 9.10. The summed E-state index contributed by atoms with van der Waals surface area (Å²) in [6.45, 7) is 4.39. The van der Waals surface area contributed by atoms with Crippen LogP contribution in [-0.2, 0) is 11.3 Å². The van der Waals surface area contributed by atoms with E-state index in [0.717, 1.165) is 29.8 Å². The first kappa shape index (κ1) is 15.3. The van der Waals surface area contributed by atoms with Crippen molar-refractivity contribution in [1.82, 2.24) is 5.32 Å². The monoisotopic (exact) mass is 337 g/mol. The summed E-state index contributed by atoms with van der Waals surface area (Å²) in [4.78, 5) is 0. The Hall–Kier alpha value is -1.10. The van der Waals surface area contributed by atoms with E-state index in [9.17, 15) is 0 Å². The van der Waals surface area contributed by atoms with Crippen LogP contribution in [0, 0.1) is 0 Å². The fourth-order valence-electron chi connectivity index (χ4n) is 1.95. The molecule has 0 aliphatic carbocycles. The zero-order chi connectivity index (χ0) is 14.2. The van der Waals surface area contributed by atoms with Crippen molar-refractivity contribution in [2.24, 2.45) is 0 Å². The normalized spacial score (nSPS) is 12.5. The molecule has 0 saturated heterocycles. The second-order valence-corrected chi connectivity index (χ2v) is 5.63. The minimum atomic E-state index is 0.345. The molecule has 0 aliphatic heterocycles. The largest absolute Gasteiger partial charge is 0.467 e. The van der Waals surface area contributed by atoms with Crippen molar-refractivity contribution in [2.45, 2.75) is 26.0 Å². The molecule has 1 heterocycles. The van der Waals surface area contributed by atoms with Crippen molar-refractivity contribution >= 4 is 15.9 Å². The van der Waals surface area contributed by atoms with Gasteiger partial charge in [-0.3, -0.25) is 0 Å². The molecule has 108 valence electrons. The topological polar surface area (TPSA) is 34.4 Å². The Morgan fingerprint density at radius 3 is 2.95 bits per heavy atom. The van der Waals surface area contributed by atoms with Crippen LogP contribution in [0.1, 0.15) is 30.7 Å². The first-order valence-electron chi connectivity index (χ1n) is 6.84. The van der Waals surface area contributed by atoms with E-state index >= 15 is 0 Å². The van der Waals surface area contributed by atoms with Crippen LogP contribution in [0.25, 0.3) is 0 Å². The maximum atomic E-state index is 5.54.